The Bertz CT molecular complexity index is 535. The Kier molecular flexibility index (Phi) is 4.37. The molecule has 0 saturated heterocycles. The van der Waals surface area contributed by atoms with E-state index >= 15 is 0 Å². The van der Waals surface area contributed by atoms with Gasteiger partial charge < -0.3 is 10.6 Å². The Morgan fingerprint density at radius 2 is 2.00 bits per heavy atom. The smallest absolute Gasteiger partial charge is 0.135 e. The second kappa shape index (κ2) is 6.02. The van der Waals surface area contributed by atoms with Crippen LogP contribution in [0.1, 0.15) is 36.7 Å². The third kappa shape index (κ3) is 3.23. The minimum absolute atomic E-state index is 0.314. The fourth-order valence-corrected chi connectivity index (χ4v) is 2.46. The van der Waals surface area contributed by atoms with Crippen molar-refractivity contribution >= 4 is 23.0 Å². The molecule has 0 aliphatic heterocycles. The Hall–Kier alpha value is -1.62. The van der Waals surface area contributed by atoms with Crippen LogP contribution in [0, 0.1) is 6.92 Å². The van der Waals surface area contributed by atoms with Crippen molar-refractivity contribution in [1.82, 2.24) is 9.97 Å². The molecule has 0 bridgehead atoms. The molecule has 2 aromatic rings. The van der Waals surface area contributed by atoms with Gasteiger partial charge in [-0.05, 0) is 29.3 Å². The van der Waals surface area contributed by atoms with Gasteiger partial charge in [-0.25, -0.2) is 9.97 Å². The van der Waals surface area contributed by atoms with Gasteiger partial charge in [0.25, 0.3) is 0 Å². The standard InChI is InChI=1S/C14H20N4S/c1-9(2)12-17-13(15-4)10(3)14(18-12)16-7-11-5-6-19-8-11/h5-6,8-9H,7H2,1-4H3,(H2,15,16,17,18). The van der Waals surface area contributed by atoms with E-state index in [-0.39, 0.29) is 0 Å². The fourth-order valence-electron chi connectivity index (χ4n) is 1.79. The van der Waals surface area contributed by atoms with Crippen molar-refractivity contribution in [1.29, 1.82) is 0 Å². The van der Waals surface area contributed by atoms with Crippen molar-refractivity contribution in [2.45, 2.75) is 33.2 Å². The lowest BCUT2D eigenvalue weighted by atomic mass is 10.2. The van der Waals surface area contributed by atoms with E-state index in [2.05, 4.69) is 51.3 Å². The maximum atomic E-state index is 4.62. The summed E-state index contributed by atoms with van der Waals surface area (Å²) in [6.07, 6.45) is 0. The first kappa shape index (κ1) is 13.8. The average Bonchev–Trinajstić information content (AvgIpc) is 2.90. The summed E-state index contributed by atoms with van der Waals surface area (Å²) in [4.78, 5) is 9.16. The third-order valence-electron chi connectivity index (χ3n) is 2.96. The van der Waals surface area contributed by atoms with E-state index in [1.165, 1.54) is 5.56 Å². The van der Waals surface area contributed by atoms with Gasteiger partial charge in [0, 0.05) is 25.1 Å². The molecular formula is C14H20N4S. The first-order valence-electron chi connectivity index (χ1n) is 6.43. The first-order chi connectivity index (χ1) is 9.11. The monoisotopic (exact) mass is 276 g/mol. The Balaban J connectivity index is 2.24. The predicted octanol–water partition coefficient (Wildman–Crippen LogP) is 3.62. The molecule has 0 atom stereocenters. The van der Waals surface area contributed by atoms with Crippen molar-refractivity contribution in [2.24, 2.45) is 0 Å². The van der Waals surface area contributed by atoms with Gasteiger partial charge in [0.05, 0.1) is 0 Å². The van der Waals surface area contributed by atoms with Crippen molar-refractivity contribution in [3.05, 3.63) is 33.8 Å². The molecule has 0 unspecified atom stereocenters. The average molecular weight is 276 g/mol. The largest absolute Gasteiger partial charge is 0.373 e. The van der Waals surface area contributed by atoms with E-state index < -0.39 is 0 Å². The zero-order chi connectivity index (χ0) is 13.8. The molecule has 0 aliphatic carbocycles. The summed E-state index contributed by atoms with van der Waals surface area (Å²) in [5.74, 6) is 2.98. The van der Waals surface area contributed by atoms with Crippen molar-refractivity contribution in [2.75, 3.05) is 17.7 Å². The fraction of sp³-hybridized carbons (Fsp3) is 0.429. The number of aromatic nitrogens is 2. The summed E-state index contributed by atoms with van der Waals surface area (Å²) >= 11 is 1.71. The summed E-state index contributed by atoms with van der Waals surface area (Å²) in [5, 5.41) is 10.8. The van der Waals surface area contributed by atoms with E-state index in [1.54, 1.807) is 11.3 Å². The number of anilines is 2. The Labute approximate surface area is 118 Å². The van der Waals surface area contributed by atoms with Crippen LogP contribution in [-0.2, 0) is 6.54 Å². The molecule has 102 valence electrons. The van der Waals surface area contributed by atoms with Crippen LogP contribution in [0.3, 0.4) is 0 Å². The summed E-state index contributed by atoms with van der Waals surface area (Å²) in [6.45, 7) is 7.04. The van der Waals surface area contributed by atoms with Crippen LogP contribution in [0.5, 0.6) is 0 Å². The molecule has 0 saturated carbocycles. The van der Waals surface area contributed by atoms with E-state index in [4.69, 9.17) is 0 Å². The molecule has 2 aromatic heterocycles. The lowest BCUT2D eigenvalue weighted by molar-refractivity contribution is 0.773. The second-order valence-electron chi connectivity index (χ2n) is 4.79. The van der Waals surface area contributed by atoms with Crippen LogP contribution >= 0.6 is 11.3 Å². The minimum Gasteiger partial charge on any atom is -0.373 e. The predicted molar refractivity (Wildman–Crippen MR) is 82.1 cm³/mol. The van der Waals surface area contributed by atoms with Gasteiger partial charge in [-0.15, -0.1) is 0 Å². The second-order valence-corrected chi connectivity index (χ2v) is 5.57. The number of nitrogens with one attached hydrogen (secondary N) is 2. The van der Waals surface area contributed by atoms with Crippen LogP contribution in [0.4, 0.5) is 11.6 Å². The molecule has 5 heteroatoms. The molecule has 19 heavy (non-hydrogen) atoms. The molecule has 2 rings (SSSR count). The van der Waals surface area contributed by atoms with Gasteiger partial charge in [-0.2, -0.15) is 11.3 Å². The maximum Gasteiger partial charge on any atom is 0.135 e. The molecule has 2 N–H and O–H groups in total. The number of hydrogen-bond donors (Lipinski definition) is 2. The Morgan fingerprint density at radius 3 is 2.58 bits per heavy atom. The highest BCUT2D eigenvalue weighted by molar-refractivity contribution is 7.07. The van der Waals surface area contributed by atoms with Crippen LogP contribution in [0.2, 0.25) is 0 Å². The molecular weight excluding hydrogens is 256 g/mol. The van der Waals surface area contributed by atoms with Gasteiger partial charge in [-0.1, -0.05) is 13.8 Å². The zero-order valence-electron chi connectivity index (χ0n) is 11.8. The van der Waals surface area contributed by atoms with Crippen molar-refractivity contribution < 1.29 is 0 Å². The summed E-state index contributed by atoms with van der Waals surface area (Å²) in [6, 6.07) is 2.12. The van der Waals surface area contributed by atoms with E-state index in [0.717, 1.165) is 29.6 Å². The normalized spacial score (nSPS) is 10.8. The van der Waals surface area contributed by atoms with Crippen molar-refractivity contribution in [3.8, 4) is 0 Å². The summed E-state index contributed by atoms with van der Waals surface area (Å²) < 4.78 is 0. The van der Waals surface area contributed by atoms with Gasteiger partial charge in [0.15, 0.2) is 0 Å². The van der Waals surface area contributed by atoms with Gasteiger partial charge >= 0.3 is 0 Å². The lowest BCUT2D eigenvalue weighted by Crippen LogP contribution is -2.10. The molecule has 0 aromatic carbocycles. The number of hydrogen-bond acceptors (Lipinski definition) is 5. The molecule has 0 aliphatic rings. The van der Waals surface area contributed by atoms with Gasteiger partial charge in [-0.3, -0.25) is 0 Å². The summed E-state index contributed by atoms with van der Waals surface area (Å²) in [5.41, 5.74) is 2.34. The highest BCUT2D eigenvalue weighted by Gasteiger charge is 2.12. The molecule has 0 fully saturated rings. The minimum atomic E-state index is 0.314. The summed E-state index contributed by atoms with van der Waals surface area (Å²) in [7, 11) is 1.89. The van der Waals surface area contributed by atoms with E-state index in [9.17, 15) is 0 Å². The first-order valence-corrected chi connectivity index (χ1v) is 7.37. The topological polar surface area (TPSA) is 49.8 Å². The van der Waals surface area contributed by atoms with E-state index in [0.29, 0.717) is 5.92 Å². The SMILES string of the molecule is CNc1nc(C(C)C)nc(NCc2ccsc2)c1C. The van der Waals surface area contributed by atoms with Crippen molar-refractivity contribution in [3.63, 3.8) is 0 Å². The molecule has 0 radical (unpaired) electrons. The maximum absolute atomic E-state index is 4.62. The highest BCUT2D eigenvalue weighted by Crippen LogP contribution is 2.23. The molecule has 0 spiro atoms. The van der Waals surface area contributed by atoms with Crippen LogP contribution < -0.4 is 10.6 Å². The number of thiophene rings is 1. The zero-order valence-corrected chi connectivity index (χ0v) is 12.6. The molecule has 0 amide bonds. The molecule has 4 nitrogen and oxygen atoms in total. The third-order valence-corrected chi connectivity index (χ3v) is 3.69. The number of rotatable bonds is 5. The molecule has 2 heterocycles. The highest BCUT2D eigenvalue weighted by atomic mass is 32.1. The Morgan fingerprint density at radius 1 is 1.26 bits per heavy atom. The van der Waals surface area contributed by atoms with E-state index in [1.807, 2.05) is 14.0 Å². The van der Waals surface area contributed by atoms with Crippen LogP contribution in [-0.4, -0.2) is 17.0 Å². The van der Waals surface area contributed by atoms with Gasteiger partial charge in [0.2, 0.25) is 0 Å². The van der Waals surface area contributed by atoms with Gasteiger partial charge in [0.1, 0.15) is 17.5 Å². The van der Waals surface area contributed by atoms with Crippen LogP contribution in [0.15, 0.2) is 16.8 Å². The van der Waals surface area contributed by atoms with Crippen LogP contribution in [0.25, 0.3) is 0 Å². The quantitative estimate of drug-likeness (QED) is 0.875. The lowest BCUT2D eigenvalue weighted by Gasteiger charge is -2.14. The number of nitrogens with zero attached hydrogens (tertiary/aromatic N) is 2.